The molecule has 0 aromatic heterocycles. The van der Waals surface area contributed by atoms with Gasteiger partial charge in [0.1, 0.15) is 6.10 Å². The molecule has 88 valence electrons. The number of carbonyl (C=O) groups is 1. The first-order valence-corrected chi connectivity index (χ1v) is 4.95. The van der Waals surface area contributed by atoms with E-state index in [4.69, 9.17) is 5.11 Å². The predicted molar refractivity (Wildman–Crippen MR) is 50.7 cm³/mol. The molecule has 1 fully saturated rings. The molecule has 0 saturated carbocycles. The molecular formula is C9H16F2N2O2. The number of carbonyl (C=O) groups excluding carboxylic acids is 1. The maximum Gasteiger partial charge on any atom is 0.265 e. The van der Waals surface area contributed by atoms with Gasteiger partial charge in [0.15, 0.2) is 0 Å². The van der Waals surface area contributed by atoms with Crippen LogP contribution in [0.1, 0.15) is 19.8 Å². The van der Waals surface area contributed by atoms with Crippen molar-refractivity contribution < 1.29 is 18.7 Å². The molecule has 1 amide bonds. The third kappa shape index (κ3) is 3.10. The van der Waals surface area contributed by atoms with E-state index in [0.717, 1.165) is 13.0 Å². The van der Waals surface area contributed by atoms with E-state index < -0.39 is 24.6 Å². The van der Waals surface area contributed by atoms with Crippen LogP contribution >= 0.6 is 0 Å². The Hall–Kier alpha value is -0.750. The minimum Gasteiger partial charge on any atom is -0.385 e. The second kappa shape index (κ2) is 4.85. The van der Waals surface area contributed by atoms with E-state index in [1.54, 1.807) is 6.92 Å². The SMILES string of the molecule is CC1(C(=O)NCC(O)C(F)F)CCCN1. The first-order chi connectivity index (χ1) is 6.96. The number of aliphatic hydroxyl groups is 1. The summed E-state index contributed by atoms with van der Waals surface area (Å²) < 4.78 is 23.9. The lowest BCUT2D eigenvalue weighted by molar-refractivity contribution is -0.127. The highest BCUT2D eigenvalue weighted by molar-refractivity contribution is 5.86. The van der Waals surface area contributed by atoms with Crippen LogP contribution in [0.5, 0.6) is 0 Å². The average Bonchev–Trinajstić information content (AvgIpc) is 2.62. The molecule has 0 aromatic rings. The van der Waals surface area contributed by atoms with Crippen LogP contribution in [0.15, 0.2) is 0 Å². The largest absolute Gasteiger partial charge is 0.385 e. The molecule has 4 nitrogen and oxygen atoms in total. The molecule has 1 aliphatic rings. The van der Waals surface area contributed by atoms with Gasteiger partial charge in [-0.15, -0.1) is 0 Å². The maximum absolute atomic E-state index is 11.9. The van der Waals surface area contributed by atoms with Crippen molar-refractivity contribution in [2.24, 2.45) is 0 Å². The average molecular weight is 222 g/mol. The highest BCUT2D eigenvalue weighted by Gasteiger charge is 2.36. The lowest BCUT2D eigenvalue weighted by Crippen LogP contribution is -2.53. The van der Waals surface area contributed by atoms with Gasteiger partial charge in [-0.05, 0) is 26.3 Å². The minimum atomic E-state index is -2.82. The van der Waals surface area contributed by atoms with E-state index in [1.807, 2.05) is 0 Å². The molecule has 0 spiro atoms. The van der Waals surface area contributed by atoms with E-state index in [9.17, 15) is 13.6 Å². The van der Waals surface area contributed by atoms with Gasteiger partial charge in [0, 0.05) is 6.54 Å². The predicted octanol–water partition coefficient (Wildman–Crippen LogP) is -0.129. The molecule has 0 radical (unpaired) electrons. The first kappa shape index (κ1) is 12.3. The number of aliphatic hydroxyl groups excluding tert-OH is 1. The zero-order valence-corrected chi connectivity index (χ0v) is 8.59. The fourth-order valence-electron chi connectivity index (χ4n) is 1.57. The van der Waals surface area contributed by atoms with Crippen LogP contribution in [0, 0.1) is 0 Å². The summed E-state index contributed by atoms with van der Waals surface area (Å²) in [5, 5.41) is 14.1. The van der Waals surface area contributed by atoms with Gasteiger partial charge >= 0.3 is 0 Å². The summed E-state index contributed by atoms with van der Waals surface area (Å²) >= 11 is 0. The lowest BCUT2D eigenvalue weighted by atomic mass is 9.99. The Morgan fingerprint density at radius 3 is 2.80 bits per heavy atom. The van der Waals surface area contributed by atoms with Gasteiger partial charge in [0.2, 0.25) is 5.91 Å². The molecule has 15 heavy (non-hydrogen) atoms. The van der Waals surface area contributed by atoms with Crippen molar-refractivity contribution in [1.29, 1.82) is 0 Å². The van der Waals surface area contributed by atoms with Gasteiger partial charge in [0.25, 0.3) is 6.43 Å². The number of nitrogens with one attached hydrogen (secondary N) is 2. The molecule has 6 heteroatoms. The van der Waals surface area contributed by atoms with E-state index in [2.05, 4.69) is 10.6 Å². The summed E-state index contributed by atoms with van der Waals surface area (Å²) in [5.41, 5.74) is -0.679. The van der Waals surface area contributed by atoms with Crippen LogP contribution in [-0.2, 0) is 4.79 Å². The summed E-state index contributed by atoms with van der Waals surface area (Å²) in [4.78, 5) is 11.6. The molecule has 3 N–H and O–H groups in total. The molecule has 0 aliphatic carbocycles. The smallest absolute Gasteiger partial charge is 0.265 e. The molecule has 0 bridgehead atoms. The van der Waals surface area contributed by atoms with Gasteiger partial charge in [-0.25, -0.2) is 8.78 Å². The monoisotopic (exact) mass is 222 g/mol. The van der Waals surface area contributed by atoms with Crippen molar-refractivity contribution in [2.75, 3.05) is 13.1 Å². The molecule has 1 aliphatic heterocycles. The van der Waals surface area contributed by atoms with Gasteiger partial charge in [-0.1, -0.05) is 0 Å². The van der Waals surface area contributed by atoms with Crippen molar-refractivity contribution in [2.45, 2.75) is 37.8 Å². The van der Waals surface area contributed by atoms with Crippen molar-refractivity contribution >= 4 is 5.91 Å². The van der Waals surface area contributed by atoms with Crippen LogP contribution in [0.2, 0.25) is 0 Å². The molecule has 1 rings (SSSR count). The highest BCUT2D eigenvalue weighted by Crippen LogP contribution is 2.18. The van der Waals surface area contributed by atoms with Crippen LogP contribution in [0.4, 0.5) is 8.78 Å². The second-order valence-electron chi connectivity index (χ2n) is 3.97. The topological polar surface area (TPSA) is 61.4 Å². The third-order valence-corrected chi connectivity index (χ3v) is 2.63. The van der Waals surface area contributed by atoms with Crippen LogP contribution in [-0.4, -0.2) is 42.2 Å². The van der Waals surface area contributed by atoms with Gasteiger partial charge < -0.3 is 15.7 Å². The Labute approximate surface area is 87.0 Å². The second-order valence-corrected chi connectivity index (χ2v) is 3.97. The number of alkyl halides is 2. The Morgan fingerprint density at radius 1 is 1.67 bits per heavy atom. The summed E-state index contributed by atoms with van der Waals surface area (Å²) in [6.07, 6.45) is -3.04. The Morgan fingerprint density at radius 2 is 2.33 bits per heavy atom. The normalized spacial score (nSPS) is 28.1. The van der Waals surface area contributed by atoms with Crippen molar-refractivity contribution in [3.05, 3.63) is 0 Å². The van der Waals surface area contributed by atoms with Crippen LogP contribution in [0.25, 0.3) is 0 Å². The Bertz CT molecular complexity index is 230. The Kier molecular flexibility index (Phi) is 3.98. The number of hydrogen-bond acceptors (Lipinski definition) is 3. The van der Waals surface area contributed by atoms with E-state index in [0.29, 0.717) is 6.42 Å². The maximum atomic E-state index is 11.9. The summed E-state index contributed by atoms with van der Waals surface area (Å²) in [7, 11) is 0. The van der Waals surface area contributed by atoms with E-state index in [1.165, 1.54) is 0 Å². The zero-order valence-electron chi connectivity index (χ0n) is 8.59. The molecule has 1 heterocycles. The molecule has 2 atom stereocenters. The highest BCUT2D eigenvalue weighted by atomic mass is 19.3. The molecular weight excluding hydrogens is 206 g/mol. The minimum absolute atomic E-state index is 0.334. The lowest BCUT2D eigenvalue weighted by Gasteiger charge is -2.23. The van der Waals surface area contributed by atoms with E-state index in [-0.39, 0.29) is 5.91 Å². The third-order valence-electron chi connectivity index (χ3n) is 2.63. The van der Waals surface area contributed by atoms with E-state index >= 15 is 0 Å². The number of amides is 1. The molecule has 2 unspecified atom stereocenters. The van der Waals surface area contributed by atoms with Crippen molar-refractivity contribution in [3.8, 4) is 0 Å². The molecule has 0 aromatic carbocycles. The first-order valence-electron chi connectivity index (χ1n) is 4.95. The quantitative estimate of drug-likeness (QED) is 0.621. The van der Waals surface area contributed by atoms with Gasteiger partial charge in [-0.3, -0.25) is 4.79 Å². The zero-order chi connectivity index (χ0) is 11.5. The molecule has 1 saturated heterocycles. The number of rotatable bonds is 4. The van der Waals surface area contributed by atoms with Gasteiger partial charge in [-0.2, -0.15) is 0 Å². The summed E-state index contributed by atoms with van der Waals surface area (Å²) in [6, 6.07) is 0. The Balaban J connectivity index is 2.35. The summed E-state index contributed by atoms with van der Waals surface area (Å²) in [5.74, 6) is -0.334. The van der Waals surface area contributed by atoms with Crippen molar-refractivity contribution in [3.63, 3.8) is 0 Å². The fourth-order valence-corrected chi connectivity index (χ4v) is 1.57. The fraction of sp³-hybridized carbons (Fsp3) is 0.889. The van der Waals surface area contributed by atoms with Crippen LogP contribution < -0.4 is 10.6 Å². The van der Waals surface area contributed by atoms with Crippen LogP contribution in [0.3, 0.4) is 0 Å². The van der Waals surface area contributed by atoms with Gasteiger partial charge in [0.05, 0.1) is 5.54 Å². The number of halogens is 2. The summed E-state index contributed by atoms with van der Waals surface area (Å²) in [6.45, 7) is 2.07. The van der Waals surface area contributed by atoms with Crippen molar-refractivity contribution in [1.82, 2.24) is 10.6 Å². The standard InChI is InChI=1S/C9H16F2N2O2/c1-9(3-2-4-13-9)8(15)12-5-6(14)7(10)11/h6-7,13-14H,2-5H2,1H3,(H,12,15). The number of hydrogen-bond donors (Lipinski definition) is 3.